The van der Waals surface area contributed by atoms with Gasteiger partial charge in [0.25, 0.3) is 0 Å². The summed E-state index contributed by atoms with van der Waals surface area (Å²) in [6.07, 6.45) is 0. The third-order valence-corrected chi connectivity index (χ3v) is 4.14. The number of thioether (sulfide) groups is 1. The molecule has 2 rings (SSSR count). The van der Waals surface area contributed by atoms with E-state index >= 15 is 0 Å². The SMILES string of the molecule is Cc1ccc(NCCSc2nc(C)ns2)cc1. The first-order valence-corrected chi connectivity index (χ1v) is 7.23. The van der Waals surface area contributed by atoms with E-state index in [9.17, 15) is 0 Å². The normalized spacial score (nSPS) is 10.5. The van der Waals surface area contributed by atoms with Crippen LogP contribution in [0.4, 0.5) is 5.69 Å². The number of rotatable bonds is 5. The summed E-state index contributed by atoms with van der Waals surface area (Å²) in [6, 6.07) is 8.44. The lowest BCUT2D eigenvalue weighted by molar-refractivity contribution is 1.10. The molecule has 1 heterocycles. The predicted molar refractivity (Wildman–Crippen MR) is 75.0 cm³/mol. The minimum Gasteiger partial charge on any atom is -0.384 e. The molecule has 0 unspecified atom stereocenters. The van der Waals surface area contributed by atoms with Crippen LogP contribution in [0.3, 0.4) is 0 Å². The number of anilines is 1. The maximum Gasteiger partial charge on any atom is 0.170 e. The van der Waals surface area contributed by atoms with E-state index in [0.29, 0.717) is 0 Å². The van der Waals surface area contributed by atoms with Gasteiger partial charge in [0.15, 0.2) is 4.34 Å². The first-order valence-electron chi connectivity index (χ1n) is 5.48. The summed E-state index contributed by atoms with van der Waals surface area (Å²) in [5.74, 6) is 1.87. The van der Waals surface area contributed by atoms with Crippen molar-refractivity contribution in [2.24, 2.45) is 0 Å². The van der Waals surface area contributed by atoms with Gasteiger partial charge in [0.05, 0.1) is 0 Å². The maximum atomic E-state index is 4.31. The van der Waals surface area contributed by atoms with E-state index in [-0.39, 0.29) is 0 Å². The summed E-state index contributed by atoms with van der Waals surface area (Å²) < 4.78 is 5.20. The number of nitrogens with one attached hydrogen (secondary N) is 1. The van der Waals surface area contributed by atoms with Gasteiger partial charge in [-0.3, -0.25) is 0 Å². The van der Waals surface area contributed by atoms with Gasteiger partial charge in [-0.1, -0.05) is 29.5 Å². The lowest BCUT2D eigenvalue weighted by atomic mass is 10.2. The van der Waals surface area contributed by atoms with Crippen LogP contribution in [-0.2, 0) is 0 Å². The number of benzene rings is 1. The third-order valence-electron chi connectivity index (χ3n) is 2.22. The molecule has 0 aliphatic rings. The van der Waals surface area contributed by atoms with E-state index in [1.165, 1.54) is 22.8 Å². The zero-order chi connectivity index (χ0) is 12.1. The Morgan fingerprint density at radius 2 is 2.00 bits per heavy atom. The molecule has 2 aromatic rings. The van der Waals surface area contributed by atoms with Crippen LogP contribution in [0.5, 0.6) is 0 Å². The molecule has 0 saturated heterocycles. The fourth-order valence-corrected chi connectivity index (χ4v) is 2.91. The van der Waals surface area contributed by atoms with Gasteiger partial charge in [0.1, 0.15) is 5.82 Å². The first kappa shape index (κ1) is 12.4. The topological polar surface area (TPSA) is 37.8 Å². The standard InChI is InChI=1S/C12H15N3S2/c1-9-3-5-11(6-4-9)13-7-8-16-12-14-10(2)15-17-12/h3-6,13H,7-8H2,1-2H3. The molecule has 1 aromatic heterocycles. The Bertz CT molecular complexity index is 465. The second kappa shape index (κ2) is 6.02. The monoisotopic (exact) mass is 265 g/mol. The summed E-state index contributed by atoms with van der Waals surface area (Å²) in [7, 11) is 0. The highest BCUT2D eigenvalue weighted by Gasteiger charge is 2.00. The van der Waals surface area contributed by atoms with Crippen LogP contribution in [-0.4, -0.2) is 21.7 Å². The van der Waals surface area contributed by atoms with E-state index in [4.69, 9.17) is 0 Å². The number of hydrogen-bond acceptors (Lipinski definition) is 5. The molecule has 0 fully saturated rings. The minimum atomic E-state index is 0.865. The number of aryl methyl sites for hydroxylation is 2. The van der Waals surface area contributed by atoms with Gasteiger partial charge in [-0.15, -0.1) is 0 Å². The molecule has 0 bridgehead atoms. The smallest absolute Gasteiger partial charge is 0.170 e. The zero-order valence-electron chi connectivity index (χ0n) is 9.93. The maximum absolute atomic E-state index is 4.31. The fraction of sp³-hybridized carbons (Fsp3) is 0.333. The number of nitrogens with zero attached hydrogens (tertiary/aromatic N) is 2. The van der Waals surface area contributed by atoms with Crippen LogP contribution < -0.4 is 5.32 Å². The lowest BCUT2D eigenvalue weighted by Crippen LogP contribution is -2.03. The molecule has 0 amide bonds. The second-order valence-corrected chi connectivity index (χ2v) is 5.84. The number of aromatic nitrogens is 2. The minimum absolute atomic E-state index is 0.865. The van der Waals surface area contributed by atoms with Crippen molar-refractivity contribution in [3.63, 3.8) is 0 Å². The van der Waals surface area contributed by atoms with Gasteiger partial charge >= 0.3 is 0 Å². The van der Waals surface area contributed by atoms with E-state index in [2.05, 4.69) is 45.9 Å². The van der Waals surface area contributed by atoms with Crippen molar-refractivity contribution in [2.75, 3.05) is 17.6 Å². The quantitative estimate of drug-likeness (QED) is 0.664. The van der Waals surface area contributed by atoms with Crippen molar-refractivity contribution in [2.45, 2.75) is 18.2 Å². The molecular weight excluding hydrogens is 250 g/mol. The van der Waals surface area contributed by atoms with Crippen molar-refractivity contribution in [3.05, 3.63) is 35.7 Å². The Kier molecular flexibility index (Phi) is 4.39. The predicted octanol–water partition coefficient (Wildman–Crippen LogP) is 3.36. The Morgan fingerprint density at radius 1 is 1.24 bits per heavy atom. The van der Waals surface area contributed by atoms with Gasteiger partial charge in [-0.25, -0.2) is 4.98 Å². The molecule has 0 atom stereocenters. The molecule has 0 spiro atoms. The van der Waals surface area contributed by atoms with Gasteiger partial charge < -0.3 is 5.32 Å². The third kappa shape index (κ3) is 4.02. The van der Waals surface area contributed by atoms with Crippen LogP contribution in [0.2, 0.25) is 0 Å². The summed E-state index contributed by atoms with van der Waals surface area (Å²) in [4.78, 5) is 4.31. The van der Waals surface area contributed by atoms with Crippen molar-refractivity contribution in [1.82, 2.24) is 9.36 Å². The van der Waals surface area contributed by atoms with E-state index in [1.54, 1.807) is 11.8 Å². The Balaban J connectivity index is 1.71. The van der Waals surface area contributed by atoms with Gasteiger partial charge in [0, 0.05) is 18.0 Å². The van der Waals surface area contributed by atoms with Gasteiger partial charge in [-0.05, 0) is 37.5 Å². The highest BCUT2D eigenvalue weighted by molar-refractivity contribution is 8.00. The van der Waals surface area contributed by atoms with E-state index in [0.717, 1.165) is 22.5 Å². The molecule has 90 valence electrons. The molecule has 3 nitrogen and oxygen atoms in total. The van der Waals surface area contributed by atoms with Crippen LogP contribution in [0.15, 0.2) is 28.6 Å². The van der Waals surface area contributed by atoms with Crippen LogP contribution in [0.25, 0.3) is 0 Å². The Labute approximate surface area is 110 Å². The summed E-state index contributed by atoms with van der Waals surface area (Å²) in [5, 5.41) is 3.38. The van der Waals surface area contributed by atoms with Crippen LogP contribution in [0.1, 0.15) is 11.4 Å². The molecule has 0 aliphatic heterocycles. The first-order chi connectivity index (χ1) is 8.24. The van der Waals surface area contributed by atoms with Crippen molar-refractivity contribution < 1.29 is 0 Å². The highest BCUT2D eigenvalue weighted by Crippen LogP contribution is 2.19. The average Bonchev–Trinajstić information content (AvgIpc) is 2.73. The fourth-order valence-electron chi connectivity index (χ4n) is 1.34. The average molecular weight is 265 g/mol. The molecule has 1 N–H and O–H groups in total. The highest BCUT2D eigenvalue weighted by atomic mass is 32.2. The molecule has 0 saturated carbocycles. The lowest BCUT2D eigenvalue weighted by Gasteiger charge is -2.05. The molecule has 0 radical (unpaired) electrons. The molecule has 5 heteroatoms. The molecule has 17 heavy (non-hydrogen) atoms. The largest absolute Gasteiger partial charge is 0.384 e. The Hall–Kier alpha value is -1.07. The molecule has 1 aromatic carbocycles. The van der Waals surface area contributed by atoms with Gasteiger partial charge in [-0.2, -0.15) is 4.37 Å². The molecule has 0 aliphatic carbocycles. The van der Waals surface area contributed by atoms with Crippen LogP contribution in [0, 0.1) is 13.8 Å². The zero-order valence-corrected chi connectivity index (χ0v) is 11.6. The van der Waals surface area contributed by atoms with Gasteiger partial charge in [0.2, 0.25) is 0 Å². The summed E-state index contributed by atoms with van der Waals surface area (Å²) in [5.41, 5.74) is 2.46. The van der Waals surface area contributed by atoms with Crippen molar-refractivity contribution >= 4 is 29.0 Å². The second-order valence-electron chi connectivity index (χ2n) is 3.75. The van der Waals surface area contributed by atoms with Crippen LogP contribution >= 0.6 is 23.3 Å². The van der Waals surface area contributed by atoms with Crippen molar-refractivity contribution in [1.29, 1.82) is 0 Å². The van der Waals surface area contributed by atoms with Crippen molar-refractivity contribution in [3.8, 4) is 0 Å². The molecular formula is C12H15N3S2. The Morgan fingerprint density at radius 3 is 2.65 bits per heavy atom. The van der Waals surface area contributed by atoms with E-state index < -0.39 is 0 Å². The van der Waals surface area contributed by atoms with E-state index in [1.807, 2.05) is 6.92 Å². The summed E-state index contributed by atoms with van der Waals surface area (Å²) in [6.45, 7) is 4.95. The summed E-state index contributed by atoms with van der Waals surface area (Å²) >= 11 is 3.22. The number of hydrogen-bond donors (Lipinski definition) is 1.